The second-order valence-corrected chi connectivity index (χ2v) is 5.27. The van der Waals surface area contributed by atoms with Crippen molar-refractivity contribution in [2.24, 2.45) is 5.73 Å². The van der Waals surface area contributed by atoms with Crippen molar-refractivity contribution in [3.05, 3.63) is 52.5 Å². The maximum atomic E-state index is 5.94. The molecule has 0 heterocycles. The lowest BCUT2D eigenvalue weighted by Gasteiger charge is -2.15. The third-order valence-electron chi connectivity index (χ3n) is 2.84. The number of nitrogens with two attached hydrogens (primary N) is 1. The summed E-state index contributed by atoms with van der Waals surface area (Å²) in [4.78, 5) is 2.04. The van der Waals surface area contributed by atoms with Crippen LogP contribution in [0, 0.1) is 0 Å². The third-order valence-corrected chi connectivity index (χ3v) is 3.58. The van der Waals surface area contributed by atoms with Gasteiger partial charge in [-0.2, -0.15) is 0 Å². The molecule has 0 bridgehead atoms. The van der Waals surface area contributed by atoms with Gasteiger partial charge in [-0.3, -0.25) is 0 Å². The summed E-state index contributed by atoms with van der Waals surface area (Å²) in [5, 5.41) is 0. The second kappa shape index (κ2) is 6.08. The molecule has 0 spiro atoms. The van der Waals surface area contributed by atoms with E-state index in [0.717, 1.165) is 27.2 Å². The Kier molecular flexibility index (Phi) is 4.45. The Bertz CT molecular complexity index is 570. The van der Waals surface area contributed by atoms with Gasteiger partial charge in [0.15, 0.2) is 0 Å². The highest BCUT2D eigenvalue weighted by molar-refractivity contribution is 9.10. The topological polar surface area (TPSA) is 38.5 Å². The smallest absolute Gasteiger partial charge is 0.133 e. The Morgan fingerprint density at radius 3 is 2.58 bits per heavy atom. The van der Waals surface area contributed by atoms with Gasteiger partial charge >= 0.3 is 0 Å². The zero-order valence-corrected chi connectivity index (χ0v) is 12.6. The monoisotopic (exact) mass is 320 g/mol. The maximum Gasteiger partial charge on any atom is 0.133 e. The van der Waals surface area contributed by atoms with Gasteiger partial charge in [-0.25, -0.2) is 0 Å². The lowest BCUT2D eigenvalue weighted by molar-refractivity contribution is 0.476. The molecule has 0 unspecified atom stereocenters. The van der Waals surface area contributed by atoms with Crippen molar-refractivity contribution < 1.29 is 4.74 Å². The first-order valence-corrected chi connectivity index (χ1v) is 6.84. The van der Waals surface area contributed by atoms with E-state index in [1.165, 1.54) is 0 Å². The fourth-order valence-corrected chi connectivity index (χ4v) is 2.29. The molecule has 2 aromatic carbocycles. The lowest BCUT2D eigenvalue weighted by Crippen LogP contribution is -2.08. The summed E-state index contributed by atoms with van der Waals surface area (Å²) in [6, 6.07) is 13.8. The van der Waals surface area contributed by atoms with Crippen molar-refractivity contribution in [2.45, 2.75) is 6.54 Å². The highest BCUT2D eigenvalue weighted by atomic mass is 79.9. The molecule has 19 heavy (non-hydrogen) atoms. The SMILES string of the molecule is CN(C)c1cccc(Oc2cccc(Br)c2CN)c1. The molecule has 0 aliphatic rings. The fourth-order valence-electron chi connectivity index (χ4n) is 1.78. The molecule has 0 fully saturated rings. The van der Waals surface area contributed by atoms with Gasteiger partial charge in [-0.1, -0.05) is 28.1 Å². The van der Waals surface area contributed by atoms with Crippen LogP contribution in [0.2, 0.25) is 0 Å². The van der Waals surface area contributed by atoms with E-state index in [9.17, 15) is 0 Å². The molecule has 0 aliphatic carbocycles. The minimum Gasteiger partial charge on any atom is -0.457 e. The molecule has 0 aliphatic heterocycles. The van der Waals surface area contributed by atoms with E-state index in [2.05, 4.69) is 15.9 Å². The predicted molar refractivity (Wildman–Crippen MR) is 82.9 cm³/mol. The quantitative estimate of drug-likeness (QED) is 0.932. The van der Waals surface area contributed by atoms with E-state index >= 15 is 0 Å². The summed E-state index contributed by atoms with van der Waals surface area (Å²) in [6.07, 6.45) is 0. The molecule has 0 saturated heterocycles. The van der Waals surface area contributed by atoms with Gasteiger partial charge in [0.2, 0.25) is 0 Å². The Balaban J connectivity index is 2.31. The second-order valence-electron chi connectivity index (χ2n) is 4.41. The summed E-state index contributed by atoms with van der Waals surface area (Å²) >= 11 is 3.49. The van der Waals surface area contributed by atoms with E-state index in [1.807, 2.05) is 61.5 Å². The Morgan fingerprint density at radius 2 is 1.89 bits per heavy atom. The van der Waals surface area contributed by atoms with Crippen molar-refractivity contribution in [2.75, 3.05) is 19.0 Å². The number of nitrogens with zero attached hydrogens (tertiary/aromatic N) is 1. The first-order valence-electron chi connectivity index (χ1n) is 6.04. The van der Waals surface area contributed by atoms with Crippen LogP contribution in [-0.2, 0) is 6.54 Å². The highest BCUT2D eigenvalue weighted by Gasteiger charge is 2.07. The van der Waals surface area contributed by atoms with E-state index < -0.39 is 0 Å². The molecule has 0 aromatic heterocycles. The van der Waals surface area contributed by atoms with Crippen LogP contribution in [-0.4, -0.2) is 14.1 Å². The predicted octanol–water partition coefficient (Wildman–Crippen LogP) is 3.77. The van der Waals surface area contributed by atoms with Crippen molar-refractivity contribution in [3.8, 4) is 11.5 Å². The molecule has 0 atom stereocenters. The third kappa shape index (κ3) is 3.28. The van der Waals surface area contributed by atoms with Crippen LogP contribution >= 0.6 is 15.9 Å². The molecular weight excluding hydrogens is 304 g/mol. The van der Waals surface area contributed by atoms with Gasteiger partial charge in [0.25, 0.3) is 0 Å². The number of hydrogen-bond donors (Lipinski definition) is 1. The average molecular weight is 321 g/mol. The normalized spacial score (nSPS) is 10.3. The fraction of sp³-hybridized carbons (Fsp3) is 0.200. The number of anilines is 1. The number of halogens is 1. The summed E-state index contributed by atoms with van der Waals surface area (Å²) < 4.78 is 6.90. The van der Waals surface area contributed by atoms with Crippen LogP contribution in [0.4, 0.5) is 5.69 Å². The van der Waals surface area contributed by atoms with Gasteiger partial charge in [0.05, 0.1) is 0 Å². The van der Waals surface area contributed by atoms with Crippen molar-refractivity contribution in [1.29, 1.82) is 0 Å². The molecule has 3 nitrogen and oxygen atoms in total. The number of rotatable bonds is 4. The van der Waals surface area contributed by atoms with Crippen LogP contribution in [0.3, 0.4) is 0 Å². The minimum atomic E-state index is 0.435. The van der Waals surface area contributed by atoms with Crippen molar-refractivity contribution in [3.63, 3.8) is 0 Å². The van der Waals surface area contributed by atoms with E-state index in [4.69, 9.17) is 10.5 Å². The first kappa shape index (κ1) is 13.9. The molecule has 0 amide bonds. The molecule has 4 heteroatoms. The van der Waals surface area contributed by atoms with Gasteiger partial charge in [0.1, 0.15) is 11.5 Å². The summed E-state index contributed by atoms with van der Waals surface area (Å²) in [5.74, 6) is 1.59. The molecule has 0 saturated carbocycles. The average Bonchev–Trinajstić information content (AvgIpc) is 2.39. The van der Waals surface area contributed by atoms with Crippen LogP contribution in [0.25, 0.3) is 0 Å². The number of ether oxygens (including phenoxy) is 1. The van der Waals surface area contributed by atoms with Gasteiger partial charge in [-0.05, 0) is 24.3 Å². The van der Waals surface area contributed by atoms with Crippen LogP contribution in [0.15, 0.2) is 46.9 Å². The van der Waals surface area contributed by atoms with Crippen molar-refractivity contribution >= 4 is 21.6 Å². The minimum absolute atomic E-state index is 0.435. The first-order chi connectivity index (χ1) is 9.11. The molecule has 100 valence electrons. The van der Waals surface area contributed by atoms with Gasteiger partial charge in [0, 0.05) is 42.4 Å². The summed E-state index contributed by atoms with van der Waals surface area (Å²) in [5.41, 5.74) is 7.83. The number of hydrogen-bond acceptors (Lipinski definition) is 3. The Morgan fingerprint density at radius 1 is 1.16 bits per heavy atom. The lowest BCUT2D eigenvalue weighted by atomic mass is 10.2. The molecular formula is C15H17BrN2O. The van der Waals surface area contributed by atoms with Crippen LogP contribution < -0.4 is 15.4 Å². The van der Waals surface area contributed by atoms with E-state index in [-0.39, 0.29) is 0 Å². The standard InChI is InChI=1S/C15H17BrN2O/c1-18(2)11-5-3-6-12(9-11)19-15-8-4-7-14(16)13(15)10-17/h3-9H,10,17H2,1-2H3. The van der Waals surface area contributed by atoms with Crippen LogP contribution in [0.5, 0.6) is 11.5 Å². The van der Waals surface area contributed by atoms with E-state index in [0.29, 0.717) is 6.54 Å². The van der Waals surface area contributed by atoms with Crippen molar-refractivity contribution in [1.82, 2.24) is 0 Å². The Labute approximate surface area is 122 Å². The zero-order valence-electron chi connectivity index (χ0n) is 11.1. The molecule has 2 rings (SSSR count). The van der Waals surface area contributed by atoms with Gasteiger partial charge in [-0.15, -0.1) is 0 Å². The van der Waals surface area contributed by atoms with Crippen LogP contribution in [0.1, 0.15) is 5.56 Å². The summed E-state index contributed by atoms with van der Waals surface area (Å²) in [7, 11) is 4.01. The number of benzene rings is 2. The van der Waals surface area contributed by atoms with Gasteiger partial charge < -0.3 is 15.4 Å². The zero-order chi connectivity index (χ0) is 13.8. The molecule has 0 radical (unpaired) electrons. The Hall–Kier alpha value is -1.52. The largest absolute Gasteiger partial charge is 0.457 e. The summed E-state index contributed by atoms with van der Waals surface area (Å²) in [6.45, 7) is 0.435. The maximum absolute atomic E-state index is 5.94. The highest BCUT2D eigenvalue weighted by Crippen LogP contribution is 2.31. The van der Waals surface area contributed by atoms with E-state index in [1.54, 1.807) is 0 Å². The molecule has 2 aromatic rings. The molecule has 2 N–H and O–H groups in total.